The van der Waals surface area contributed by atoms with Crippen molar-refractivity contribution in [1.82, 2.24) is 20.3 Å². The van der Waals surface area contributed by atoms with Crippen LogP contribution in [-0.4, -0.2) is 33.3 Å². The second-order valence-corrected chi connectivity index (χ2v) is 10.8. The van der Waals surface area contributed by atoms with Crippen LogP contribution in [0.3, 0.4) is 0 Å². The predicted octanol–water partition coefficient (Wildman–Crippen LogP) is 6.00. The number of halogens is 3. The molecule has 1 aromatic carbocycles. The Hall–Kier alpha value is -3.54. The number of aromatic nitrogens is 3. The van der Waals surface area contributed by atoms with Crippen LogP contribution in [0.5, 0.6) is 5.75 Å². The summed E-state index contributed by atoms with van der Waals surface area (Å²) in [5.41, 5.74) is 6.92. The molecule has 0 atom stereocenters. The number of nitrogens with zero attached hydrogens (tertiary/aromatic N) is 3. The summed E-state index contributed by atoms with van der Waals surface area (Å²) in [5.74, 6) is 0.922. The van der Waals surface area contributed by atoms with Crippen LogP contribution in [0.4, 0.5) is 25.1 Å². The fourth-order valence-corrected chi connectivity index (χ4v) is 4.49. The highest BCUT2D eigenvalue weighted by atomic mass is 79.9. The van der Waals surface area contributed by atoms with Gasteiger partial charge in [0.1, 0.15) is 22.7 Å². The smallest absolute Gasteiger partial charge is 0.408 e. The average Bonchev–Trinajstić information content (AvgIpc) is 2.81. The van der Waals surface area contributed by atoms with Gasteiger partial charge in [0, 0.05) is 34.5 Å². The summed E-state index contributed by atoms with van der Waals surface area (Å²) in [4.78, 5) is 26.0. The molecule has 4 N–H and O–H groups in total. The first-order chi connectivity index (χ1) is 18.0. The van der Waals surface area contributed by atoms with Crippen LogP contribution >= 0.6 is 15.9 Å². The number of anilines is 2. The van der Waals surface area contributed by atoms with E-state index >= 15 is 0 Å². The zero-order chi connectivity index (χ0) is 27.5. The number of hydrogen-bond donors (Lipinski definition) is 3. The highest BCUT2D eigenvalue weighted by Gasteiger charge is 2.43. The maximum atomic E-state index is 12.8. The molecule has 0 radical (unpaired) electrons. The van der Waals surface area contributed by atoms with Gasteiger partial charge in [-0.3, -0.25) is 0 Å². The first-order valence-electron chi connectivity index (χ1n) is 12.0. The summed E-state index contributed by atoms with van der Waals surface area (Å²) in [5, 5.41) is 6.04. The van der Waals surface area contributed by atoms with Crippen molar-refractivity contribution >= 4 is 33.5 Å². The van der Waals surface area contributed by atoms with Gasteiger partial charge in [0.25, 0.3) is 0 Å². The van der Waals surface area contributed by atoms with Crippen molar-refractivity contribution in [3.05, 3.63) is 58.6 Å². The molecule has 0 saturated heterocycles. The van der Waals surface area contributed by atoms with Gasteiger partial charge in [-0.05, 0) is 64.3 Å². The van der Waals surface area contributed by atoms with Crippen molar-refractivity contribution in [2.45, 2.75) is 64.3 Å². The number of pyridine rings is 1. The summed E-state index contributed by atoms with van der Waals surface area (Å²) in [6.07, 6.45) is 5.15. The van der Waals surface area contributed by atoms with E-state index in [1.807, 2.05) is 20.8 Å². The Morgan fingerprint density at radius 2 is 1.89 bits per heavy atom. The van der Waals surface area contributed by atoms with Crippen LogP contribution in [0, 0.1) is 0 Å². The zero-order valence-corrected chi connectivity index (χ0v) is 22.8. The van der Waals surface area contributed by atoms with E-state index in [2.05, 4.69) is 46.3 Å². The van der Waals surface area contributed by atoms with E-state index in [4.69, 9.17) is 10.5 Å². The standard InChI is InChI=1S/C26H29BrF2N6O3/c1-25(2,3)38-24(36)35-26(10-5-11-26)22-32-12-15(13-33-22)19-9-8-18(30)21(34-19)31-14-16-17(27)6-4-7-20(16)37-23(28)29/h4,6-9,12-13,23H,5,10-11,14,30H2,1-3H3,(H,31,34)(H,35,36). The molecular weight excluding hydrogens is 562 g/mol. The van der Waals surface area contributed by atoms with Crippen LogP contribution in [0.15, 0.2) is 47.2 Å². The Labute approximate surface area is 227 Å². The summed E-state index contributed by atoms with van der Waals surface area (Å²) < 4.78 is 36.3. The summed E-state index contributed by atoms with van der Waals surface area (Å²) >= 11 is 3.38. The molecular formula is C26H29BrF2N6O3. The van der Waals surface area contributed by atoms with Gasteiger partial charge in [-0.15, -0.1) is 0 Å². The lowest BCUT2D eigenvalue weighted by Crippen LogP contribution is -2.53. The number of alkyl halides is 2. The second kappa shape index (κ2) is 11.1. The van der Waals surface area contributed by atoms with Gasteiger partial charge >= 0.3 is 12.7 Å². The van der Waals surface area contributed by atoms with Crippen molar-refractivity contribution in [3.63, 3.8) is 0 Å². The lowest BCUT2D eigenvalue weighted by Gasteiger charge is -2.41. The van der Waals surface area contributed by atoms with Crippen molar-refractivity contribution < 1.29 is 23.0 Å². The molecule has 1 amide bonds. The van der Waals surface area contributed by atoms with Crippen LogP contribution in [0.1, 0.15) is 51.4 Å². The third-order valence-electron chi connectivity index (χ3n) is 5.97. The number of alkyl carbamates (subject to hydrolysis) is 1. The van der Waals surface area contributed by atoms with E-state index in [1.165, 1.54) is 6.07 Å². The third kappa shape index (κ3) is 6.47. The Kier molecular flexibility index (Phi) is 8.00. The third-order valence-corrected chi connectivity index (χ3v) is 6.72. The maximum absolute atomic E-state index is 12.8. The molecule has 2 aromatic heterocycles. The number of ether oxygens (including phenoxy) is 2. The fourth-order valence-electron chi connectivity index (χ4n) is 4.00. The van der Waals surface area contributed by atoms with Crippen molar-refractivity contribution in [2.24, 2.45) is 0 Å². The van der Waals surface area contributed by atoms with E-state index in [1.54, 1.807) is 36.7 Å². The SMILES string of the molecule is CC(C)(C)OC(=O)NC1(c2ncc(-c3ccc(N)c(NCc4c(Br)cccc4OC(F)F)n3)cn2)CCC1. The number of carbonyl (C=O) groups excluding carboxylic acids is 1. The molecule has 0 aliphatic heterocycles. The maximum Gasteiger partial charge on any atom is 0.408 e. The largest absolute Gasteiger partial charge is 0.444 e. The van der Waals surface area contributed by atoms with Gasteiger partial charge < -0.3 is 25.8 Å². The zero-order valence-electron chi connectivity index (χ0n) is 21.2. The fraction of sp³-hybridized carbons (Fsp3) is 0.385. The predicted molar refractivity (Wildman–Crippen MR) is 143 cm³/mol. The number of nitrogen functional groups attached to an aromatic ring is 1. The normalized spacial score (nSPS) is 14.5. The van der Waals surface area contributed by atoms with E-state index in [-0.39, 0.29) is 12.3 Å². The average molecular weight is 591 g/mol. The number of nitrogens with two attached hydrogens (primary N) is 1. The van der Waals surface area contributed by atoms with Gasteiger partial charge in [-0.25, -0.2) is 19.7 Å². The Morgan fingerprint density at radius 1 is 1.18 bits per heavy atom. The molecule has 4 rings (SSSR count). The molecule has 1 aliphatic rings. The molecule has 12 heteroatoms. The first-order valence-corrected chi connectivity index (χ1v) is 12.8. The monoisotopic (exact) mass is 590 g/mol. The summed E-state index contributed by atoms with van der Waals surface area (Å²) in [6, 6.07) is 8.23. The van der Waals surface area contributed by atoms with E-state index < -0.39 is 23.8 Å². The molecule has 2 heterocycles. The lowest BCUT2D eigenvalue weighted by atomic mass is 9.76. The van der Waals surface area contributed by atoms with Crippen molar-refractivity contribution in [2.75, 3.05) is 11.1 Å². The van der Waals surface area contributed by atoms with Gasteiger partial charge in [-0.2, -0.15) is 8.78 Å². The number of rotatable bonds is 8. The summed E-state index contributed by atoms with van der Waals surface area (Å²) in [6.45, 7) is 2.61. The van der Waals surface area contributed by atoms with Crippen molar-refractivity contribution in [3.8, 4) is 17.0 Å². The molecule has 1 saturated carbocycles. The molecule has 0 bridgehead atoms. The van der Waals surface area contributed by atoms with Crippen LogP contribution in [-0.2, 0) is 16.8 Å². The highest BCUT2D eigenvalue weighted by Crippen LogP contribution is 2.40. The second-order valence-electron chi connectivity index (χ2n) is 9.94. The Balaban J connectivity index is 1.51. The Bertz CT molecular complexity index is 1300. The summed E-state index contributed by atoms with van der Waals surface area (Å²) in [7, 11) is 0. The van der Waals surface area contributed by atoms with Gasteiger partial charge in [0.15, 0.2) is 5.82 Å². The molecule has 202 valence electrons. The molecule has 9 nitrogen and oxygen atoms in total. The number of hydrogen-bond acceptors (Lipinski definition) is 8. The van der Waals surface area contributed by atoms with E-state index in [0.717, 1.165) is 6.42 Å². The Morgan fingerprint density at radius 3 is 2.50 bits per heavy atom. The van der Waals surface area contributed by atoms with Crippen LogP contribution in [0.25, 0.3) is 11.3 Å². The highest BCUT2D eigenvalue weighted by molar-refractivity contribution is 9.10. The van der Waals surface area contributed by atoms with Crippen molar-refractivity contribution in [1.29, 1.82) is 0 Å². The molecule has 0 spiro atoms. The quantitative estimate of drug-likeness (QED) is 0.292. The molecule has 3 aromatic rings. The van der Waals surface area contributed by atoms with E-state index in [9.17, 15) is 13.6 Å². The molecule has 1 fully saturated rings. The lowest BCUT2D eigenvalue weighted by molar-refractivity contribution is -0.0504. The van der Waals surface area contributed by atoms with Gasteiger partial charge in [0.2, 0.25) is 0 Å². The topological polar surface area (TPSA) is 124 Å². The number of nitrogens with one attached hydrogen (secondary N) is 2. The molecule has 38 heavy (non-hydrogen) atoms. The molecule has 0 unspecified atom stereocenters. The minimum atomic E-state index is -2.95. The number of benzene rings is 1. The minimum Gasteiger partial charge on any atom is -0.444 e. The van der Waals surface area contributed by atoms with Gasteiger partial charge in [0.05, 0.1) is 11.4 Å². The van der Waals surface area contributed by atoms with E-state index in [0.29, 0.717) is 51.5 Å². The van der Waals surface area contributed by atoms with Crippen LogP contribution < -0.4 is 21.1 Å². The number of amides is 1. The van der Waals surface area contributed by atoms with Gasteiger partial charge in [-0.1, -0.05) is 22.0 Å². The number of carbonyl (C=O) groups is 1. The minimum absolute atomic E-state index is 0.0468. The molecule has 1 aliphatic carbocycles. The van der Waals surface area contributed by atoms with Crippen LogP contribution in [0.2, 0.25) is 0 Å². The first kappa shape index (κ1) is 27.5.